The fraction of sp³-hybridized carbons (Fsp3) is 0.842. The quantitative estimate of drug-likeness (QED) is 0.793. The highest BCUT2D eigenvalue weighted by atomic mass is 16.1. The number of hydrogen-bond donors (Lipinski definition) is 1. The van der Waals surface area contributed by atoms with Crippen LogP contribution in [0.1, 0.15) is 84.0 Å². The highest BCUT2D eigenvalue weighted by molar-refractivity contribution is 5.94. The third-order valence-corrected chi connectivity index (χ3v) is 5.22. The summed E-state index contributed by atoms with van der Waals surface area (Å²) < 4.78 is 0. The molecule has 1 atom stereocenters. The molecule has 0 amide bonds. The molecule has 2 aliphatic rings. The minimum Gasteiger partial charge on any atom is -0.310 e. The molecule has 0 saturated heterocycles. The van der Waals surface area contributed by atoms with E-state index in [1.807, 2.05) is 0 Å². The van der Waals surface area contributed by atoms with Crippen molar-refractivity contribution < 1.29 is 4.79 Å². The van der Waals surface area contributed by atoms with Gasteiger partial charge < -0.3 is 5.32 Å². The van der Waals surface area contributed by atoms with Crippen molar-refractivity contribution in [2.75, 3.05) is 6.54 Å². The summed E-state index contributed by atoms with van der Waals surface area (Å²) in [6, 6.07) is 0.318. The van der Waals surface area contributed by atoms with Crippen LogP contribution < -0.4 is 5.32 Å². The Bertz CT molecular complexity index is 337. The fourth-order valence-corrected chi connectivity index (χ4v) is 3.98. The molecule has 1 N–H and O–H groups in total. The summed E-state index contributed by atoms with van der Waals surface area (Å²) in [5.74, 6) is 0.950. The molecule has 1 fully saturated rings. The highest BCUT2D eigenvalue weighted by Crippen LogP contribution is 2.28. The SMILES string of the molecule is CC(=O)/C1=C/CCCCCNC1C1CCCCCCCC1. The number of allylic oxidation sites excluding steroid dienone is 1. The third-order valence-electron chi connectivity index (χ3n) is 5.22. The van der Waals surface area contributed by atoms with Gasteiger partial charge in [0.25, 0.3) is 0 Å². The van der Waals surface area contributed by atoms with E-state index in [0.29, 0.717) is 12.0 Å². The minimum atomic E-state index is 0.286. The topological polar surface area (TPSA) is 29.1 Å². The maximum atomic E-state index is 12.1. The third kappa shape index (κ3) is 5.58. The molecule has 2 heteroatoms. The average molecular weight is 291 g/mol. The van der Waals surface area contributed by atoms with Crippen molar-refractivity contribution in [1.29, 1.82) is 0 Å². The van der Waals surface area contributed by atoms with Crippen LogP contribution >= 0.6 is 0 Å². The molecule has 2 rings (SSSR count). The Balaban J connectivity index is 2.11. The first kappa shape index (κ1) is 16.7. The highest BCUT2D eigenvalue weighted by Gasteiger charge is 2.27. The van der Waals surface area contributed by atoms with Gasteiger partial charge in [-0.05, 0) is 51.5 Å². The molecule has 1 aliphatic carbocycles. The van der Waals surface area contributed by atoms with Crippen LogP contribution in [-0.2, 0) is 4.79 Å². The number of hydrogen-bond acceptors (Lipinski definition) is 2. The summed E-state index contributed by atoms with van der Waals surface area (Å²) in [6.07, 6.45) is 17.9. The van der Waals surface area contributed by atoms with Crippen molar-refractivity contribution in [3.05, 3.63) is 11.6 Å². The number of Topliss-reactive ketones (excluding diaryl/α,β-unsaturated/α-hetero) is 1. The maximum absolute atomic E-state index is 12.1. The van der Waals surface area contributed by atoms with E-state index in [-0.39, 0.29) is 5.78 Å². The van der Waals surface area contributed by atoms with Gasteiger partial charge >= 0.3 is 0 Å². The molecule has 1 unspecified atom stereocenters. The first-order valence-electron chi connectivity index (χ1n) is 9.23. The Kier molecular flexibility index (Phi) is 7.49. The van der Waals surface area contributed by atoms with Crippen LogP contribution in [0.3, 0.4) is 0 Å². The van der Waals surface area contributed by atoms with Crippen LogP contribution in [-0.4, -0.2) is 18.4 Å². The molecule has 1 heterocycles. The van der Waals surface area contributed by atoms with Gasteiger partial charge in [-0.3, -0.25) is 4.79 Å². The molecule has 21 heavy (non-hydrogen) atoms. The van der Waals surface area contributed by atoms with Gasteiger partial charge in [-0.1, -0.05) is 51.0 Å². The molecule has 0 aromatic heterocycles. The van der Waals surface area contributed by atoms with Crippen molar-refractivity contribution in [2.24, 2.45) is 5.92 Å². The summed E-state index contributed by atoms with van der Waals surface area (Å²) >= 11 is 0. The largest absolute Gasteiger partial charge is 0.310 e. The summed E-state index contributed by atoms with van der Waals surface area (Å²) in [5, 5.41) is 3.74. The van der Waals surface area contributed by atoms with Crippen molar-refractivity contribution >= 4 is 5.78 Å². The number of nitrogens with one attached hydrogen (secondary N) is 1. The second kappa shape index (κ2) is 9.40. The predicted molar refractivity (Wildman–Crippen MR) is 89.4 cm³/mol. The van der Waals surface area contributed by atoms with Crippen molar-refractivity contribution in [3.8, 4) is 0 Å². The van der Waals surface area contributed by atoms with Gasteiger partial charge in [0.1, 0.15) is 0 Å². The molecular formula is C19H33NO. The summed E-state index contributed by atoms with van der Waals surface area (Å²) in [4.78, 5) is 12.1. The van der Waals surface area contributed by atoms with E-state index in [1.54, 1.807) is 6.92 Å². The lowest BCUT2D eigenvalue weighted by Crippen LogP contribution is -2.40. The van der Waals surface area contributed by atoms with Gasteiger partial charge in [-0.15, -0.1) is 0 Å². The zero-order chi connectivity index (χ0) is 14.9. The van der Waals surface area contributed by atoms with Crippen LogP contribution in [0.5, 0.6) is 0 Å². The van der Waals surface area contributed by atoms with E-state index in [1.165, 1.54) is 70.6 Å². The Morgan fingerprint density at radius 2 is 1.57 bits per heavy atom. The summed E-state index contributed by atoms with van der Waals surface area (Å²) in [7, 11) is 0. The molecule has 0 spiro atoms. The lowest BCUT2D eigenvalue weighted by molar-refractivity contribution is -0.114. The Labute approximate surface area is 130 Å². The second-order valence-electron chi connectivity index (χ2n) is 6.96. The van der Waals surface area contributed by atoms with E-state index in [4.69, 9.17) is 0 Å². The molecule has 0 aromatic carbocycles. The first-order chi connectivity index (χ1) is 10.3. The maximum Gasteiger partial charge on any atom is 0.157 e. The van der Waals surface area contributed by atoms with Crippen LogP contribution in [0.15, 0.2) is 11.6 Å². The molecular weight excluding hydrogens is 258 g/mol. The summed E-state index contributed by atoms with van der Waals surface area (Å²) in [6.45, 7) is 2.83. The lowest BCUT2D eigenvalue weighted by Gasteiger charge is -2.29. The van der Waals surface area contributed by atoms with Crippen LogP contribution in [0, 0.1) is 5.92 Å². The van der Waals surface area contributed by atoms with Crippen LogP contribution in [0.4, 0.5) is 0 Å². The molecule has 0 bridgehead atoms. The van der Waals surface area contributed by atoms with Gasteiger partial charge in [0.2, 0.25) is 0 Å². The van der Waals surface area contributed by atoms with Gasteiger partial charge in [0.15, 0.2) is 5.78 Å². The first-order valence-corrected chi connectivity index (χ1v) is 9.23. The number of rotatable bonds is 2. The van der Waals surface area contributed by atoms with Gasteiger partial charge in [-0.25, -0.2) is 0 Å². The van der Waals surface area contributed by atoms with Gasteiger partial charge in [-0.2, -0.15) is 0 Å². The van der Waals surface area contributed by atoms with E-state index >= 15 is 0 Å². The molecule has 1 saturated carbocycles. The van der Waals surface area contributed by atoms with E-state index in [9.17, 15) is 4.79 Å². The molecule has 0 aromatic rings. The van der Waals surface area contributed by atoms with E-state index in [0.717, 1.165) is 18.5 Å². The Morgan fingerprint density at radius 1 is 0.952 bits per heavy atom. The summed E-state index contributed by atoms with van der Waals surface area (Å²) in [5.41, 5.74) is 1.08. The van der Waals surface area contributed by atoms with Crippen molar-refractivity contribution in [3.63, 3.8) is 0 Å². The van der Waals surface area contributed by atoms with Crippen LogP contribution in [0.25, 0.3) is 0 Å². The Morgan fingerprint density at radius 3 is 2.24 bits per heavy atom. The minimum absolute atomic E-state index is 0.286. The fourth-order valence-electron chi connectivity index (χ4n) is 3.98. The van der Waals surface area contributed by atoms with Gasteiger partial charge in [0, 0.05) is 11.6 Å². The smallest absolute Gasteiger partial charge is 0.157 e. The Hall–Kier alpha value is -0.630. The van der Waals surface area contributed by atoms with E-state index in [2.05, 4.69) is 11.4 Å². The second-order valence-corrected chi connectivity index (χ2v) is 6.96. The standard InChI is InChI=1S/C19H33NO/c1-16(21)18-14-10-6-7-11-15-20-19(18)17-12-8-4-2-3-5-9-13-17/h14,17,19-20H,2-13,15H2,1H3/b18-14-. The molecule has 2 nitrogen and oxygen atoms in total. The normalized spacial score (nSPS) is 29.8. The number of carbonyl (C=O) groups is 1. The molecule has 120 valence electrons. The number of ketones is 1. The molecule has 1 aliphatic heterocycles. The van der Waals surface area contributed by atoms with E-state index < -0.39 is 0 Å². The number of carbonyl (C=O) groups excluding carboxylic acids is 1. The zero-order valence-electron chi connectivity index (χ0n) is 13.8. The van der Waals surface area contributed by atoms with Crippen LogP contribution in [0.2, 0.25) is 0 Å². The predicted octanol–water partition coefficient (Wildman–Crippen LogP) is 4.78. The lowest BCUT2D eigenvalue weighted by atomic mass is 9.83. The van der Waals surface area contributed by atoms with Gasteiger partial charge in [0.05, 0.1) is 0 Å². The average Bonchev–Trinajstić information content (AvgIpc) is 2.68. The van der Waals surface area contributed by atoms with Crippen molar-refractivity contribution in [2.45, 2.75) is 90.0 Å². The monoisotopic (exact) mass is 291 g/mol. The zero-order valence-corrected chi connectivity index (χ0v) is 13.8. The van der Waals surface area contributed by atoms with Crippen molar-refractivity contribution in [1.82, 2.24) is 5.32 Å². The molecule has 0 radical (unpaired) electrons.